The number of hydrogen-bond donors (Lipinski definition) is 5. The van der Waals surface area contributed by atoms with E-state index in [-0.39, 0.29) is 76.2 Å². The number of rotatable bonds is 7. The smallest absolute Gasteiger partial charge is 0.174 e. The Kier molecular flexibility index (Phi) is 7.50. The second-order valence-electron chi connectivity index (χ2n) is 10.0. The maximum atomic E-state index is 13.2. The van der Waals surface area contributed by atoms with Crippen molar-refractivity contribution in [1.82, 2.24) is 0 Å². The van der Waals surface area contributed by atoms with E-state index in [4.69, 9.17) is 16.3 Å². The molecule has 0 radical (unpaired) electrons. The fraction of sp³-hybridized carbons (Fsp3) is 0.219. The number of phenolic OH excluding ortho intramolecular Hbond substituents is 5. The van der Waals surface area contributed by atoms with Crippen LogP contribution in [0, 0.1) is 0 Å². The van der Waals surface area contributed by atoms with Crippen LogP contribution in [0.1, 0.15) is 63.5 Å². The SMILES string of the molecule is CCC1CC(=O)c2c(O)c(Cc3ccccc3O)c(O)c(Cc3cc(Cc4cc(Cl)ccc4O)ccc3O)c2O1. The highest BCUT2D eigenvalue weighted by atomic mass is 35.5. The molecule has 7 nitrogen and oxygen atoms in total. The van der Waals surface area contributed by atoms with Crippen molar-refractivity contribution < 1.29 is 35.1 Å². The predicted molar refractivity (Wildman–Crippen MR) is 151 cm³/mol. The lowest BCUT2D eigenvalue weighted by molar-refractivity contribution is 0.0837. The first-order chi connectivity index (χ1) is 19.2. The summed E-state index contributed by atoms with van der Waals surface area (Å²) >= 11 is 6.11. The van der Waals surface area contributed by atoms with Crippen molar-refractivity contribution in [2.45, 2.75) is 45.1 Å². The Morgan fingerprint density at radius 3 is 2.15 bits per heavy atom. The molecule has 0 amide bonds. The number of ether oxygens (including phenoxy) is 1. The van der Waals surface area contributed by atoms with Gasteiger partial charge < -0.3 is 30.3 Å². The van der Waals surface area contributed by atoms with E-state index in [1.807, 2.05) is 6.92 Å². The van der Waals surface area contributed by atoms with Crippen LogP contribution in [-0.2, 0) is 19.3 Å². The van der Waals surface area contributed by atoms with Crippen LogP contribution < -0.4 is 4.74 Å². The molecule has 0 aromatic heterocycles. The first-order valence-electron chi connectivity index (χ1n) is 13.0. The summed E-state index contributed by atoms with van der Waals surface area (Å²) in [5, 5.41) is 54.5. The normalized spacial score (nSPS) is 14.6. The van der Waals surface area contributed by atoms with Crippen LogP contribution >= 0.6 is 11.6 Å². The van der Waals surface area contributed by atoms with Crippen LogP contribution in [0.5, 0.6) is 34.5 Å². The Morgan fingerprint density at radius 2 is 1.43 bits per heavy atom. The van der Waals surface area contributed by atoms with Gasteiger partial charge in [0.15, 0.2) is 5.78 Å². The predicted octanol–water partition coefficient (Wildman–Crippen LogP) is 6.38. The molecular weight excluding hydrogens is 532 g/mol. The number of phenols is 5. The molecule has 0 spiro atoms. The van der Waals surface area contributed by atoms with Gasteiger partial charge in [-0.15, -0.1) is 0 Å². The van der Waals surface area contributed by atoms with Gasteiger partial charge in [0.05, 0.1) is 0 Å². The van der Waals surface area contributed by atoms with Crippen LogP contribution in [-0.4, -0.2) is 37.4 Å². The molecular formula is C32H29ClO7. The first kappa shape index (κ1) is 27.2. The number of ketones is 1. The van der Waals surface area contributed by atoms with E-state index in [9.17, 15) is 30.3 Å². The minimum Gasteiger partial charge on any atom is -0.508 e. The molecule has 8 heteroatoms. The fourth-order valence-corrected chi connectivity index (χ4v) is 5.32. The summed E-state index contributed by atoms with van der Waals surface area (Å²) in [6, 6.07) is 16.3. The fourth-order valence-electron chi connectivity index (χ4n) is 5.12. The topological polar surface area (TPSA) is 127 Å². The average molecular weight is 561 g/mol. The van der Waals surface area contributed by atoms with Gasteiger partial charge in [0, 0.05) is 41.8 Å². The average Bonchev–Trinajstić information content (AvgIpc) is 2.93. The van der Waals surface area contributed by atoms with Gasteiger partial charge in [-0.2, -0.15) is 0 Å². The summed E-state index contributed by atoms with van der Waals surface area (Å²) < 4.78 is 6.12. The molecule has 0 saturated heterocycles. The van der Waals surface area contributed by atoms with Gasteiger partial charge in [-0.3, -0.25) is 4.79 Å². The van der Waals surface area contributed by atoms with Crippen molar-refractivity contribution >= 4 is 17.4 Å². The molecule has 0 aliphatic carbocycles. The summed E-state index contributed by atoms with van der Waals surface area (Å²) in [5.41, 5.74) is 2.62. The van der Waals surface area contributed by atoms with Gasteiger partial charge in [-0.1, -0.05) is 48.9 Å². The van der Waals surface area contributed by atoms with Gasteiger partial charge in [0.1, 0.15) is 46.2 Å². The lowest BCUT2D eigenvalue weighted by atomic mass is 9.87. The van der Waals surface area contributed by atoms with Crippen molar-refractivity contribution in [3.8, 4) is 34.5 Å². The monoisotopic (exact) mass is 560 g/mol. The zero-order chi connectivity index (χ0) is 28.6. The van der Waals surface area contributed by atoms with Crippen molar-refractivity contribution in [3.05, 3.63) is 105 Å². The van der Waals surface area contributed by atoms with E-state index in [0.717, 1.165) is 5.56 Å². The summed E-state index contributed by atoms with van der Waals surface area (Å²) in [4.78, 5) is 13.2. The van der Waals surface area contributed by atoms with E-state index in [1.54, 1.807) is 42.5 Å². The van der Waals surface area contributed by atoms with Crippen LogP contribution in [0.15, 0.2) is 60.7 Å². The van der Waals surface area contributed by atoms with Crippen molar-refractivity contribution in [2.75, 3.05) is 0 Å². The molecule has 1 atom stereocenters. The molecule has 1 heterocycles. The lowest BCUT2D eigenvalue weighted by Crippen LogP contribution is -2.27. The molecule has 206 valence electrons. The molecule has 1 unspecified atom stereocenters. The van der Waals surface area contributed by atoms with Gasteiger partial charge >= 0.3 is 0 Å². The number of aromatic hydroxyl groups is 5. The maximum absolute atomic E-state index is 13.2. The summed E-state index contributed by atoms with van der Waals surface area (Å²) in [6.45, 7) is 1.88. The number of halogens is 1. The third-order valence-corrected chi connectivity index (χ3v) is 7.57. The zero-order valence-corrected chi connectivity index (χ0v) is 22.6. The molecule has 5 N–H and O–H groups in total. The number of Topliss-reactive ketones (excluding diaryl/α,β-unsaturated/α-hetero) is 1. The summed E-state index contributed by atoms with van der Waals surface area (Å²) in [7, 11) is 0. The van der Waals surface area contributed by atoms with E-state index >= 15 is 0 Å². The number of carbonyl (C=O) groups excluding carboxylic acids is 1. The molecule has 4 aromatic rings. The lowest BCUT2D eigenvalue weighted by Gasteiger charge is -2.29. The molecule has 1 aliphatic rings. The van der Waals surface area contributed by atoms with Gasteiger partial charge in [-0.05, 0) is 59.0 Å². The highest BCUT2D eigenvalue weighted by Crippen LogP contribution is 2.48. The van der Waals surface area contributed by atoms with Crippen LogP contribution in [0.4, 0.5) is 0 Å². The van der Waals surface area contributed by atoms with Gasteiger partial charge in [0.25, 0.3) is 0 Å². The van der Waals surface area contributed by atoms with Gasteiger partial charge in [0.2, 0.25) is 0 Å². The minimum atomic E-state index is -0.424. The Balaban J connectivity index is 1.61. The van der Waals surface area contributed by atoms with E-state index in [0.29, 0.717) is 34.6 Å². The molecule has 5 rings (SSSR count). The second kappa shape index (κ2) is 11.0. The van der Waals surface area contributed by atoms with E-state index < -0.39 is 6.10 Å². The summed E-state index contributed by atoms with van der Waals surface area (Å²) in [6.07, 6.45) is 0.511. The van der Waals surface area contributed by atoms with Crippen LogP contribution in [0.25, 0.3) is 0 Å². The Morgan fingerprint density at radius 1 is 0.775 bits per heavy atom. The van der Waals surface area contributed by atoms with Crippen molar-refractivity contribution in [2.24, 2.45) is 0 Å². The van der Waals surface area contributed by atoms with Crippen molar-refractivity contribution in [1.29, 1.82) is 0 Å². The van der Waals surface area contributed by atoms with Crippen molar-refractivity contribution in [3.63, 3.8) is 0 Å². The maximum Gasteiger partial charge on any atom is 0.174 e. The number of fused-ring (bicyclic) bond motifs is 1. The number of carbonyl (C=O) groups is 1. The molecule has 1 aliphatic heterocycles. The Hall–Kier alpha value is -4.36. The third kappa shape index (κ3) is 5.25. The zero-order valence-electron chi connectivity index (χ0n) is 21.8. The minimum absolute atomic E-state index is 0.00681. The Bertz CT molecular complexity index is 1610. The van der Waals surface area contributed by atoms with Crippen LogP contribution in [0.2, 0.25) is 5.02 Å². The number of hydrogen-bond acceptors (Lipinski definition) is 7. The second-order valence-corrected chi connectivity index (χ2v) is 10.5. The number of para-hydroxylation sites is 1. The number of benzene rings is 4. The molecule has 0 bridgehead atoms. The van der Waals surface area contributed by atoms with E-state index in [2.05, 4.69) is 0 Å². The first-order valence-corrected chi connectivity index (χ1v) is 13.4. The van der Waals surface area contributed by atoms with Crippen LogP contribution in [0.3, 0.4) is 0 Å². The molecule has 0 fully saturated rings. The molecule has 40 heavy (non-hydrogen) atoms. The highest BCUT2D eigenvalue weighted by Gasteiger charge is 2.35. The molecule has 4 aromatic carbocycles. The standard InChI is InChI=1S/C32H29ClO7/c1-2-22-16-28(37)29-31(39)23(14-18-5-3-4-6-25(18)34)30(38)24(32(29)40-22)15-20-12-17(7-9-26(20)35)11-19-13-21(33)8-10-27(19)36/h3-10,12-13,22,34-36,38-39H,2,11,14-16H2,1H3. The quantitative estimate of drug-likeness (QED) is 0.177. The molecule has 0 saturated carbocycles. The highest BCUT2D eigenvalue weighted by molar-refractivity contribution is 6.30. The summed E-state index contributed by atoms with van der Waals surface area (Å²) in [5.74, 6) is -0.817. The largest absolute Gasteiger partial charge is 0.508 e. The third-order valence-electron chi connectivity index (χ3n) is 7.33. The van der Waals surface area contributed by atoms with Gasteiger partial charge in [-0.25, -0.2) is 0 Å². The van der Waals surface area contributed by atoms with E-state index in [1.165, 1.54) is 18.2 Å². The Labute approximate surface area is 236 Å².